The number of anilines is 3. The van der Waals surface area contributed by atoms with Gasteiger partial charge in [0, 0.05) is 23.8 Å². The summed E-state index contributed by atoms with van der Waals surface area (Å²) in [6, 6.07) is 11.5. The molecule has 2 aromatic rings. The van der Waals surface area contributed by atoms with Gasteiger partial charge < -0.3 is 16.0 Å². The molecule has 0 unspecified atom stereocenters. The highest BCUT2D eigenvalue weighted by Gasteiger charge is 2.22. The molecule has 1 heterocycles. The zero-order valence-electron chi connectivity index (χ0n) is 13.8. The highest BCUT2D eigenvalue weighted by molar-refractivity contribution is 6.06. The Morgan fingerprint density at radius 3 is 2.67 bits per heavy atom. The van der Waals surface area contributed by atoms with Crippen molar-refractivity contribution >= 4 is 23.0 Å². The second-order valence-electron chi connectivity index (χ2n) is 6.28. The van der Waals surface area contributed by atoms with Gasteiger partial charge in [0.05, 0.1) is 11.4 Å². The summed E-state index contributed by atoms with van der Waals surface area (Å²) in [5.74, 6) is -0.634. The lowest BCUT2D eigenvalue weighted by Crippen LogP contribution is -2.38. The molecule has 2 aromatic carbocycles. The van der Waals surface area contributed by atoms with Gasteiger partial charge in [0.2, 0.25) is 0 Å². The lowest BCUT2D eigenvalue weighted by Gasteiger charge is -2.36. The number of nitrogen functional groups attached to an aromatic ring is 1. The molecule has 0 saturated carbocycles. The van der Waals surface area contributed by atoms with Gasteiger partial charge in [-0.1, -0.05) is 0 Å². The predicted molar refractivity (Wildman–Crippen MR) is 95.9 cm³/mol. The molecule has 24 heavy (non-hydrogen) atoms. The summed E-state index contributed by atoms with van der Waals surface area (Å²) in [4.78, 5) is 14.8. The van der Waals surface area contributed by atoms with Crippen LogP contribution in [-0.2, 0) is 0 Å². The van der Waals surface area contributed by atoms with Gasteiger partial charge >= 0.3 is 0 Å². The number of halogens is 1. The maximum absolute atomic E-state index is 13.0. The molecule has 1 saturated heterocycles. The maximum atomic E-state index is 13.0. The molecule has 0 aromatic heterocycles. The molecule has 4 nitrogen and oxygen atoms in total. The fraction of sp³-hybridized carbons (Fsp3) is 0.316. The van der Waals surface area contributed by atoms with Crippen molar-refractivity contribution < 1.29 is 9.18 Å². The predicted octanol–water partition coefficient (Wildman–Crippen LogP) is 4.04. The van der Waals surface area contributed by atoms with E-state index in [0.717, 1.165) is 25.1 Å². The number of nitrogens with one attached hydrogen (secondary N) is 1. The zero-order valence-corrected chi connectivity index (χ0v) is 13.8. The fourth-order valence-electron chi connectivity index (χ4n) is 3.16. The third-order valence-corrected chi connectivity index (χ3v) is 4.49. The minimum absolute atomic E-state index is 0.272. The average molecular weight is 327 g/mol. The van der Waals surface area contributed by atoms with Crippen molar-refractivity contribution in [1.82, 2.24) is 0 Å². The molecule has 1 fully saturated rings. The van der Waals surface area contributed by atoms with Crippen molar-refractivity contribution in [2.24, 2.45) is 0 Å². The molecule has 3 N–H and O–H groups in total. The molecule has 5 heteroatoms. The third-order valence-electron chi connectivity index (χ3n) is 4.49. The van der Waals surface area contributed by atoms with Gasteiger partial charge in [-0.2, -0.15) is 0 Å². The molecule has 0 radical (unpaired) electrons. The Labute approximate surface area is 141 Å². The number of nitrogens with zero attached hydrogens (tertiary/aromatic N) is 1. The van der Waals surface area contributed by atoms with Gasteiger partial charge in [-0.15, -0.1) is 0 Å². The van der Waals surface area contributed by atoms with Crippen LogP contribution in [0.15, 0.2) is 42.5 Å². The lowest BCUT2D eigenvalue weighted by molar-refractivity contribution is 0.102. The summed E-state index contributed by atoms with van der Waals surface area (Å²) < 4.78 is 13.0. The van der Waals surface area contributed by atoms with E-state index in [1.165, 1.54) is 30.7 Å². The molecule has 3 rings (SSSR count). The van der Waals surface area contributed by atoms with Crippen LogP contribution >= 0.6 is 0 Å². The molecule has 0 bridgehead atoms. The Bertz CT molecular complexity index is 730. The molecule has 1 amide bonds. The molecular formula is C19H22FN3O. The van der Waals surface area contributed by atoms with Crippen LogP contribution in [0.5, 0.6) is 0 Å². The largest absolute Gasteiger partial charge is 0.399 e. The summed E-state index contributed by atoms with van der Waals surface area (Å²) in [6.45, 7) is 3.16. The Hall–Kier alpha value is -2.56. The van der Waals surface area contributed by atoms with Crippen LogP contribution in [0, 0.1) is 5.82 Å². The second kappa shape index (κ2) is 6.91. The van der Waals surface area contributed by atoms with E-state index < -0.39 is 0 Å². The number of hydrogen-bond donors (Lipinski definition) is 2. The highest BCUT2D eigenvalue weighted by atomic mass is 19.1. The minimum Gasteiger partial charge on any atom is -0.399 e. The summed E-state index contributed by atoms with van der Waals surface area (Å²) in [5, 5.41) is 2.92. The smallest absolute Gasteiger partial charge is 0.255 e. The molecule has 0 aliphatic carbocycles. The number of hydrogen-bond acceptors (Lipinski definition) is 3. The van der Waals surface area contributed by atoms with E-state index in [1.807, 2.05) is 12.1 Å². The molecule has 126 valence electrons. The van der Waals surface area contributed by atoms with Crippen molar-refractivity contribution in [1.29, 1.82) is 0 Å². The van der Waals surface area contributed by atoms with Crippen molar-refractivity contribution in [2.75, 3.05) is 22.5 Å². The minimum atomic E-state index is -0.363. The Kier molecular flexibility index (Phi) is 4.69. The normalized spacial score (nSPS) is 17.6. The van der Waals surface area contributed by atoms with Gasteiger partial charge in [0.15, 0.2) is 0 Å². The van der Waals surface area contributed by atoms with Crippen molar-refractivity contribution in [3.05, 3.63) is 53.8 Å². The molecule has 1 aliphatic rings. The molecule has 1 atom stereocenters. The number of nitrogens with two attached hydrogens (primary N) is 1. The van der Waals surface area contributed by atoms with E-state index in [9.17, 15) is 9.18 Å². The lowest BCUT2D eigenvalue weighted by atomic mass is 10.0. The van der Waals surface area contributed by atoms with Crippen LogP contribution < -0.4 is 16.0 Å². The van der Waals surface area contributed by atoms with Crippen LogP contribution in [0.1, 0.15) is 36.5 Å². The monoisotopic (exact) mass is 327 g/mol. The zero-order chi connectivity index (χ0) is 17.1. The standard InChI is InChI=1S/C19H22FN3O/c1-13-4-2-3-11-23(13)18-10-9-16(21)12-17(18)22-19(24)14-5-7-15(20)8-6-14/h5-10,12-13H,2-4,11,21H2,1H3,(H,22,24)/t13-/m1/s1. The van der Waals surface area contributed by atoms with Crippen molar-refractivity contribution in [2.45, 2.75) is 32.2 Å². The summed E-state index contributed by atoms with van der Waals surface area (Å²) in [5.41, 5.74) is 8.59. The Morgan fingerprint density at radius 1 is 1.21 bits per heavy atom. The van der Waals surface area contributed by atoms with Crippen LogP contribution in [0.4, 0.5) is 21.5 Å². The Balaban J connectivity index is 1.87. The molecule has 0 spiro atoms. The van der Waals surface area contributed by atoms with E-state index in [4.69, 9.17) is 5.73 Å². The van der Waals surface area contributed by atoms with E-state index in [2.05, 4.69) is 17.1 Å². The van der Waals surface area contributed by atoms with Gasteiger partial charge in [0.25, 0.3) is 5.91 Å². The van der Waals surface area contributed by atoms with E-state index in [1.54, 1.807) is 6.07 Å². The first-order valence-electron chi connectivity index (χ1n) is 8.27. The number of rotatable bonds is 3. The van der Waals surface area contributed by atoms with Gasteiger partial charge in [0.1, 0.15) is 5.82 Å². The number of piperidine rings is 1. The number of carbonyl (C=O) groups is 1. The molecule has 1 aliphatic heterocycles. The Morgan fingerprint density at radius 2 is 1.96 bits per heavy atom. The van der Waals surface area contributed by atoms with Gasteiger partial charge in [-0.05, 0) is 68.7 Å². The van der Waals surface area contributed by atoms with Crippen molar-refractivity contribution in [3.8, 4) is 0 Å². The van der Waals surface area contributed by atoms with Crippen LogP contribution in [0.2, 0.25) is 0 Å². The summed E-state index contributed by atoms with van der Waals surface area (Å²) in [6.07, 6.45) is 3.50. The van der Waals surface area contributed by atoms with Crippen LogP contribution in [-0.4, -0.2) is 18.5 Å². The summed E-state index contributed by atoms with van der Waals surface area (Å²) >= 11 is 0. The first-order valence-corrected chi connectivity index (χ1v) is 8.27. The van der Waals surface area contributed by atoms with E-state index in [-0.39, 0.29) is 11.7 Å². The average Bonchev–Trinajstić information content (AvgIpc) is 2.56. The number of carbonyl (C=O) groups excluding carboxylic acids is 1. The highest BCUT2D eigenvalue weighted by Crippen LogP contribution is 2.33. The maximum Gasteiger partial charge on any atom is 0.255 e. The molecular weight excluding hydrogens is 305 g/mol. The fourth-order valence-corrected chi connectivity index (χ4v) is 3.16. The quantitative estimate of drug-likeness (QED) is 0.837. The number of benzene rings is 2. The van der Waals surface area contributed by atoms with Crippen LogP contribution in [0.25, 0.3) is 0 Å². The van der Waals surface area contributed by atoms with E-state index in [0.29, 0.717) is 23.0 Å². The van der Waals surface area contributed by atoms with Gasteiger partial charge in [-0.25, -0.2) is 4.39 Å². The van der Waals surface area contributed by atoms with Gasteiger partial charge in [-0.3, -0.25) is 4.79 Å². The SMILES string of the molecule is C[C@@H]1CCCCN1c1ccc(N)cc1NC(=O)c1ccc(F)cc1. The van der Waals surface area contributed by atoms with Crippen LogP contribution in [0.3, 0.4) is 0 Å². The first-order chi connectivity index (χ1) is 11.5. The number of amides is 1. The third kappa shape index (κ3) is 3.50. The summed E-state index contributed by atoms with van der Waals surface area (Å²) in [7, 11) is 0. The van der Waals surface area contributed by atoms with E-state index >= 15 is 0 Å². The topological polar surface area (TPSA) is 58.4 Å². The second-order valence-corrected chi connectivity index (χ2v) is 6.28. The first kappa shape index (κ1) is 16.3. The van der Waals surface area contributed by atoms with Crippen molar-refractivity contribution in [3.63, 3.8) is 0 Å².